The van der Waals surface area contributed by atoms with Gasteiger partial charge in [-0.1, -0.05) is 22.3 Å². The minimum atomic E-state index is 0. The molecule has 0 N–H and O–H groups in total. The van der Waals surface area contributed by atoms with Crippen molar-refractivity contribution in [3.8, 4) is 0 Å². The molecule has 34 valence electrons. The topological polar surface area (TPSA) is 0 Å². The minimum absolute atomic E-state index is 0. The van der Waals surface area contributed by atoms with Gasteiger partial charge in [-0.25, -0.2) is 0 Å². The van der Waals surface area contributed by atoms with Gasteiger partial charge in [0.15, 0.2) is 0 Å². The Balaban J connectivity index is 0. The first-order valence-corrected chi connectivity index (χ1v) is 0. The van der Waals surface area contributed by atoms with Crippen LogP contribution in [0.15, 0.2) is 0 Å². The molecule has 0 aliphatic rings. The van der Waals surface area contributed by atoms with Gasteiger partial charge >= 0.3 is 22.4 Å². The largest absolute Gasteiger partial charge is 1.00 e. The zero-order valence-corrected chi connectivity index (χ0v) is 1.78. The quantitative estimate of drug-likeness (QED) is 0.470. The van der Waals surface area contributed by atoms with E-state index >= 15 is 0 Å². The van der Waals surface area contributed by atoms with Crippen molar-refractivity contribution in [2.75, 3.05) is 0 Å². The molecule has 0 nitrogen and oxygen atoms in total. The number of hydrogen-bond acceptors (Lipinski definition) is 0. The fourth-order valence-corrected chi connectivity index (χ4v) is 0. The molecule has 0 saturated heterocycles. The fourth-order valence-electron chi connectivity index (χ4n) is 0. The van der Waals surface area contributed by atoms with Crippen molar-refractivity contribution in [1.82, 2.24) is 0 Å². The van der Waals surface area contributed by atoms with Gasteiger partial charge in [-0.3, -0.25) is 0 Å². The number of hydrogen-bond donors (Lipinski definition) is 0. The van der Waals surface area contributed by atoms with Crippen molar-refractivity contribution in [2.24, 2.45) is 0 Å². The third kappa shape index (κ3) is 15.1. The molecule has 0 unspecified atom stereocenters. The molecule has 0 aliphatic heterocycles. The van der Waals surface area contributed by atoms with Crippen LogP contribution in [-0.4, -0.2) is 0 Å². The van der Waals surface area contributed by atoms with Gasteiger partial charge in [0.2, 0.25) is 0 Å². The van der Waals surface area contributed by atoms with E-state index < -0.39 is 0 Å². The molecule has 0 saturated carbocycles. The van der Waals surface area contributed by atoms with Crippen LogP contribution in [0.5, 0.6) is 0 Å². The summed E-state index contributed by atoms with van der Waals surface area (Å²) in [6.45, 7) is 0. The van der Waals surface area contributed by atoms with Crippen LogP contribution in [0.1, 0.15) is 22.3 Å². The summed E-state index contributed by atoms with van der Waals surface area (Å²) in [5, 5.41) is 0. The summed E-state index contributed by atoms with van der Waals surface area (Å²) >= 11 is 0. The third-order valence-electron chi connectivity index (χ3n) is 0. The SMILES string of the molecule is C.C.C.[Ag+]. The normalized spacial score (nSPS) is 0. The molecule has 0 atom stereocenters. The van der Waals surface area contributed by atoms with Crippen LogP contribution in [-0.2, 0) is 22.4 Å². The average molecular weight is 156 g/mol. The second-order valence-corrected chi connectivity index (χ2v) is 0. The summed E-state index contributed by atoms with van der Waals surface area (Å²) in [7, 11) is 0. The van der Waals surface area contributed by atoms with Gasteiger partial charge in [-0.2, -0.15) is 0 Å². The Bertz CT molecular complexity index is 3.25. The molecule has 0 bridgehead atoms. The first-order chi connectivity index (χ1) is 0. The maximum atomic E-state index is 0. The van der Waals surface area contributed by atoms with E-state index in [0.717, 1.165) is 0 Å². The van der Waals surface area contributed by atoms with Crippen LogP contribution < -0.4 is 0 Å². The Hall–Kier alpha value is 0.740. The summed E-state index contributed by atoms with van der Waals surface area (Å²) < 4.78 is 0. The summed E-state index contributed by atoms with van der Waals surface area (Å²) in [6, 6.07) is 0. The molecule has 0 aliphatic carbocycles. The van der Waals surface area contributed by atoms with Crippen LogP contribution in [0, 0.1) is 0 Å². The minimum Gasteiger partial charge on any atom is -0.0776 e. The molecule has 0 fully saturated rings. The molecule has 0 rings (SSSR count). The Morgan fingerprint density at radius 1 is 0.500 bits per heavy atom. The van der Waals surface area contributed by atoms with Crippen LogP contribution in [0.25, 0.3) is 0 Å². The summed E-state index contributed by atoms with van der Waals surface area (Å²) in [6.07, 6.45) is 0. The average Bonchev–Trinajstić information content (AvgIpc) is 0. The zero-order valence-electron chi connectivity index (χ0n) is 0.302. The number of rotatable bonds is 0. The maximum Gasteiger partial charge on any atom is 1.00 e. The molecule has 4 heavy (non-hydrogen) atoms. The van der Waals surface area contributed by atoms with Crippen LogP contribution >= 0.6 is 0 Å². The third-order valence-corrected chi connectivity index (χ3v) is 0. The van der Waals surface area contributed by atoms with E-state index in [0.29, 0.717) is 0 Å². The molecule has 0 aromatic rings. The second-order valence-electron chi connectivity index (χ2n) is 0. The predicted octanol–water partition coefficient (Wildman–Crippen LogP) is 1.91. The van der Waals surface area contributed by atoms with Crippen molar-refractivity contribution >= 4 is 0 Å². The molecule has 0 amide bonds. The smallest absolute Gasteiger partial charge is 0.0776 e. The standard InChI is InChI=1S/3CH4.Ag/h3*1H4;/q;;;+1. The van der Waals surface area contributed by atoms with E-state index in [1.807, 2.05) is 0 Å². The van der Waals surface area contributed by atoms with E-state index in [1.54, 1.807) is 0 Å². The van der Waals surface area contributed by atoms with Gasteiger partial charge in [0, 0.05) is 0 Å². The van der Waals surface area contributed by atoms with Gasteiger partial charge in [0.25, 0.3) is 0 Å². The van der Waals surface area contributed by atoms with E-state index in [4.69, 9.17) is 0 Å². The second kappa shape index (κ2) is 51.3. The molecule has 0 radical (unpaired) electrons. The molecule has 0 aromatic carbocycles. The van der Waals surface area contributed by atoms with Crippen molar-refractivity contribution in [3.63, 3.8) is 0 Å². The first kappa shape index (κ1) is 121. The Morgan fingerprint density at radius 3 is 0.500 bits per heavy atom. The zero-order chi connectivity index (χ0) is 0. The van der Waals surface area contributed by atoms with Gasteiger partial charge in [0.1, 0.15) is 0 Å². The van der Waals surface area contributed by atoms with Crippen LogP contribution in [0.3, 0.4) is 0 Å². The summed E-state index contributed by atoms with van der Waals surface area (Å²) in [5.41, 5.74) is 0. The van der Waals surface area contributed by atoms with E-state index in [1.165, 1.54) is 0 Å². The van der Waals surface area contributed by atoms with Gasteiger partial charge in [-0.15, -0.1) is 0 Å². The maximum absolute atomic E-state index is 0. The van der Waals surface area contributed by atoms with Gasteiger partial charge < -0.3 is 0 Å². The molecular weight excluding hydrogens is 144 g/mol. The molecule has 0 heterocycles. The van der Waals surface area contributed by atoms with E-state index in [2.05, 4.69) is 0 Å². The molecule has 0 spiro atoms. The Morgan fingerprint density at radius 2 is 0.500 bits per heavy atom. The Labute approximate surface area is 45.1 Å². The van der Waals surface area contributed by atoms with E-state index in [9.17, 15) is 0 Å². The van der Waals surface area contributed by atoms with Crippen LogP contribution in [0.4, 0.5) is 0 Å². The predicted molar refractivity (Wildman–Crippen MR) is 20.2 cm³/mol. The summed E-state index contributed by atoms with van der Waals surface area (Å²) in [5.74, 6) is 0. The van der Waals surface area contributed by atoms with Crippen LogP contribution in [0.2, 0.25) is 0 Å². The Kier molecular flexibility index (Phi) is 1550. The van der Waals surface area contributed by atoms with Gasteiger partial charge in [-0.05, 0) is 0 Å². The summed E-state index contributed by atoms with van der Waals surface area (Å²) in [4.78, 5) is 0. The van der Waals surface area contributed by atoms with Crippen molar-refractivity contribution < 1.29 is 22.4 Å². The monoisotopic (exact) mass is 155 g/mol. The first-order valence-electron chi connectivity index (χ1n) is 0. The van der Waals surface area contributed by atoms with Crippen molar-refractivity contribution in [1.29, 1.82) is 0 Å². The molecular formula is C3H12Ag+. The van der Waals surface area contributed by atoms with Crippen molar-refractivity contribution in [3.05, 3.63) is 0 Å². The van der Waals surface area contributed by atoms with Gasteiger partial charge in [0.05, 0.1) is 0 Å². The molecule has 1 heteroatoms. The van der Waals surface area contributed by atoms with Crippen molar-refractivity contribution in [2.45, 2.75) is 22.3 Å². The molecule has 0 aromatic heterocycles. The van der Waals surface area contributed by atoms with E-state index in [-0.39, 0.29) is 44.7 Å². The fraction of sp³-hybridized carbons (Fsp3) is 1.00.